The van der Waals surface area contributed by atoms with E-state index in [1.54, 1.807) is 6.92 Å². The minimum Gasteiger partial charge on any atom is -0.462 e. The van der Waals surface area contributed by atoms with Gasteiger partial charge in [-0.25, -0.2) is 13.2 Å². The molecule has 0 aromatic heterocycles. The quantitative estimate of drug-likeness (QED) is 0.656. The zero-order chi connectivity index (χ0) is 19.2. The lowest BCUT2D eigenvalue weighted by Crippen LogP contribution is -2.46. The molecule has 1 amide bonds. The molecule has 1 saturated heterocycles. The molecule has 1 atom stereocenters. The van der Waals surface area contributed by atoms with Crippen LogP contribution in [0.5, 0.6) is 0 Å². The normalized spacial score (nSPS) is 18.3. The maximum absolute atomic E-state index is 12.8. The Hall–Kier alpha value is -1.97. The fourth-order valence-electron chi connectivity index (χ4n) is 2.84. The third-order valence-electron chi connectivity index (χ3n) is 4.20. The first-order chi connectivity index (χ1) is 12.4. The van der Waals surface area contributed by atoms with Gasteiger partial charge in [-0.05, 0) is 44.0 Å². The van der Waals surface area contributed by atoms with Crippen molar-refractivity contribution >= 4 is 21.9 Å². The SMILES string of the molecule is CCOC(=O)c1ccc(S(=O)(=O)N2CCCC(C(=O)NCCN)C2)cc1. The highest BCUT2D eigenvalue weighted by Gasteiger charge is 2.33. The number of nitrogens with one attached hydrogen (secondary N) is 1. The molecule has 1 heterocycles. The number of sulfonamides is 1. The number of rotatable bonds is 7. The van der Waals surface area contributed by atoms with Crippen LogP contribution < -0.4 is 11.1 Å². The summed E-state index contributed by atoms with van der Waals surface area (Å²) in [6.07, 6.45) is 1.26. The largest absolute Gasteiger partial charge is 0.462 e. The predicted molar refractivity (Wildman–Crippen MR) is 95.9 cm³/mol. The van der Waals surface area contributed by atoms with Gasteiger partial charge in [0.1, 0.15) is 0 Å². The van der Waals surface area contributed by atoms with Crippen molar-refractivity contribution in [1.82, 2.24) is 9.62 Å². The molecule has 8 nitrogen and oxygen atoms in total. The first-order valence-corrected chi connectivity index (χ1v) is 10.1. The summed E-state index contributed by atoms with van der Waals surface area (Å²) in [5, 5.41) is 2.71. The summed E-state index contributed by atoms with van der Waals surface area (Å²) in [7, 11) is -3.73. The average molecular weight is 383 g/mol. The number of ether oxygens (including phenoxy) is 1. The maximum Gasteiger partial charge on any atom is 0.338 e. The van der Waals surface area contributed by atoms with Crippen LogP contribution in [0.4, 0.5) is 0 Å². The highest BCUT2D eigenvalue weighted by atomic mass is 32.2. The van der Waals surface area contributed by atoms with Crippen LogP contribution in [0, 0.1) is 5.92 Å². The first kappa shape index (κ1) is 20.3. The topological polar surface area (TPSA) is 119 Å². The van der Waals surface area contributed by atoms with Gasteiger partial charge >= 0.3 is 5.97 Å². The number of esters is 1. The number of amides is 1. The Labute approximate surface area is 153 Å². The van der Waals surface area contributed by atoms with E-state index in [0.717, 1.165) is 0 Å². The summed E-state index contributed by atoms with van der Waals surface area (Å²) in [6.45, 7) is 3.17. The number of hydrogen-bond donors (Lipinski definition) is 2. The molecule has 1 unspecified atom stereocenters. The number of nitrogens with two attached hydrogens (primary N) is 1. The summed E-state index contributed by atoms with van der Waals surface area (Å²) in [5.41, 5.74) is 5.67. The van der Waals surface area contributed by atoms with Crippen molar-refractivity contribution < 1.29 is 22.7 Å². The van der Waals surface area contributed by atoms with Crippen LogP contribution in [-0.4, -0.2) is 57.4 Å². The first-order valence-electron chi connectivity index (χ1n) is 8.65. The van der Waals surface area contributed by atoms with Gasteiger partial charge in [-0.2, -0.15) is 4.31 Å². The number of nitrogens with zero attached hydrogens (tertiary/aromatic N) is 1. The molecule has 26 heavy (non-hydrogen) atoms. The summed E-state index contributed by atoms with van der Waals surface area (Å²) < 4.78 is 31.9. The molecule has 1 aliphatic heterocycles. The molecule has 9 heteroatoms. The lowest BCUT2D eigenvalue weighted by atomic mass is 9.99. The van der Waals surface area contributed by atoms with E-state index in [9.17, 15) is 18.0 Å². The van der Waals surface area contributed by atoms with Gasteiger partial charge in [0.25, 0.3) is 0 Å². The van der Waals surface area contributed by atoms with Crippen molar-refractivity contribution in [3.63, 3.8) is 0 Å². The highest BCUT2D eigenvalue weighted by molar-refractivity contribution is 7.89. The van der Waals surface area contributed by atoms with E-state index in [4.69, 9.17) is 10.5 Å². The Balaban J connectivity index is 2.11. The van der Waals surface area contributed by atoms with E-state index in [-0.39, 0.29) is 29.9 Å². The second-order valence-electron chi connectivity index (χ2n) is 6.03. The van der Waals surface area contributed by atoms with E-state index in [1.807, 2.05) is 0 Å². The van der Waals surface area contributed by atoms with Gasteiger partial charge in [0.2, 0.25) is 15.9 Å². The van der Waals surface area contributed by atoms with Crippen molar-refractivity contribution in [2.75, 3.05) is 32.8 Å². The van der Waals surface area contributed by atoms with Crippen molar-refractivity contribution in [3.8, 4) is 0 Å². The van der Waals surface area contributed by atoms with Crippen LogP contribution in [0.15, 0.2) is 29.2 Å². The minimum atomic E-state index is -3.73. The summed E-state index contributed by atoms with van der Waals surface area (Å²) in [4.78, 5) is 23.9. The summed E-state index contributed by atoms with van der Waals surface area (Å²) in [5.74, 6) is -1.05. The minimum absolute atomic E-state index is 0.0913. The molecule has 1 fully saturated rings. The maximum atomic E-state index is 12.8. The average Bonchev–Trinajstić information content (AvgIpc) is 2.66. The fraction of sp³-hybridized carbons (Fsp3) is 0.529. The van der Waals surface area contributed by atoms with Gasteiger partial charge in [-0.15, -0.1) is 0 Å². The number of piperidine rings is 1. The Kier molecular flexibility index (Phi) is 7.13. The molecule has 144 valence electrons. The lowest BCUT2D eigenvalue weighted by Gasteiger charge is -2.31. The molecule has 1 aliphatic rings. The third kappa shape index (κ3) is 4.80. The predicted octanol–water partition coefficient (Wildman–Crippen LogP) is 0.339. The Bertz CT molecular complexity index is 733. The van der Waals surface area contributed by atoms with E-state index in [0.29, 0.717) is 38.0 Å². The molecule has 3 N–H and O–H groups in total. The number of benzene rings is 1. The molecular weight excluding hydrogens is 358 g/mol. The molecule has 0 spiro atoms. The zero-order valence-corrected chi connectivity index (χ0v) is 15.6. The van der Waals surface area contributed by atoms with E-state index >= 15 is 0 Å². The molecule has 1 aromatic rings. The zero-order valence-electron chi connectivity index (χ0n) is 14.8. The van der Waals surface area contributed by atoms with Crippen molar-refractivity contribution in [2.45, 2.75) is 24.7 Å². The Morgan fingerprint density at radius 3 is 2.62 bits per heavy atom. The van der Waals surface area contributed by atoms with Crippen molar-refractivity contribution in [1.29, 1.82) is 0 Å². The fourth-order valence-corrected chi connectivity index (χ4v) is 4.36. The number of carbonyl (C=O) groups is 2. The van der Waals surface area contributed by atoms with Gasteiger partial charge in [-0.1, -0.05) is 0 Å². The molecule has 0 radical (unpaired) electrons. The highest BCUT2D eigenvalue weighted by Crippen LogP contribution is 2.24. The molecule has 2 rings (SSSR count). The van der Waals surface area contributed by atoms with Gasteiger partial charge in [0, 0.05) is 26.2 Å². The number of carbonyl (C=O) groups excluding carboxylic acids is 2. The number of hydrogen-bond acceptors (Lipinski definition) is 6. The standard InChI is InChI=1S/C17H25N3O5S/c1-2-25-17(22)13-5-7-15(8-6-13)26(23,24)20-11-3-4-14(12-20)16(21)19-10-9-18/h5-8,14H,2-4,9-12,18H2,1H3,(H,19,21). The van der Waals surface area contributed by atoms with Crippen LogP contribution in [-0.2, 0) is 19.6 Å². The lowest BCUT2D eigenvalue weighted by molar-refractivity contribution is -0.126. The van der Waals surface area contributed by atoms with Gasteiger partial charge in [0.05, 0.1) is 23.0 Å². The van der Waals surface area contributed by atoms with E-state index in [1.165, 1.54) is 28.6 Å². The smallest absolute Gasteiger partial charge is 0.338 e. The molecular formula is C17H25N3O5S. The van der Waals surface area contributed by atoms with Crippen LogP contribution in [0.3, 0.4) is 0 Å². The van der Waals surface area contributed by atoms with Gasteiger partial charge in [-0.3, -0.25) is 4.79 Å². The molecule has 0 bridgehead atoms. The second-order valence-corrected chi connectivity index (χ2v) is 7.96. The van der Waals surface area contributed by atoms with E-state index < -0.39 is 16.0 Å². The van der Waals surface area contributed by atoms with Crippen LogP contribution >= 0.6 is 0 Å². The third-order valence-corrected chi connectivity index (χ3v) is 6.08. The molecule has 0 aliphatic carbocycles. The van der Waals surface area contributed by atoms with Crippen LogP contribution in [0.25, 0.3) is 0 Å². The second kappa shape index (κ2) is 9.11. The van der Waals surface area contributed by atoms with Crippen molar-refractivity contribution in [3.05, 3.63) is 29.8 Å². The Morgan fingerprint density at radius 2 is 2.00 bits per heavy atom. The Morgan fingerprint density at radius 1 is 1.31 bits per heavy atom. The van der Waals surface area contributed by atoms with Crippen LogP contribution in [0.1, 0.15) is 30.1 Å². The van der Waals surface area contributed by atoms with E-state index in [2.05, 4.69) is 5.32 Å². The van der Waals surface area contributed by atoms with Crippen LogP contribution in [0.2, 0.25) is 0 Å². The van der Waals surface area contributed by atoms with Crippen molar-refractivity contribution in [2.24, 2.45) is 11.7 Å². The van der Waals surface area contributed by atoms with Gasteiger partial charge in [0.15, 0.2) is 0 Å². The monoisotopic (exact) mass is 383 g/mol. The van der Waals surface area contributed by atoms with Gasteiger partial charge < -0.3 is 15.8 Å². The summed E-state index contributed by atoms with van der Waals surface area (Å²) >= 11 is 0. The molecule has 0 saturated carbocycles. The summed E-state index contributed by atoms with van der Waals surface area (Å²) in [6, 6.07) is 5.64. The molecule has 1 aromatic carbocycles.